The normalized spacial score (nSPS) is 8.36. The van der Waals surface area contributed by atoms with Gasteiger partial charge in [0.2, 0.25) is 0 Å². The van der Waals surface area contributed by atoms with E-state index in [0.29, 0.717) is 5.56 Å². The van der Waals surface area contributed by atoms with Crippen LogP contribution < -0.4 is 10.3 Å². The standard InChI is InChI=1S/C8H10N2O.HNO2/c1-2-10-5-3-4-7(6-10)8(9)11;2-1-3/h3-6H,2H2,1H3,(H-,9,11);(H,2,3). The van der Waals surface area contributed by atoms with Crippen LogP contribution in [-0.2, 0) is 6.54 Å². The number of hydrogen-bond acceptors (Lipinski definition) is 4. The van der Waals surface area contributed by atoms with Crippen LogP contribution in [0.15, 0.2) is 29.9 Å². The van der Waals surface area contributed by atoms with Gasteiger partial charge in [0.15, 0.2) is 12.4 Å². The second kappa shape index (κ2) is 6.53. The molecule has 0 atom stereocenters. The molecule has 0 saturated heterocycles. The van der Waals surface area contributed by atoms with Gasteiger partial charge >= 0.3 is 0 Å². The van der Waals surface area contributed by atoms with Gasteiger partial charge in [-0.05, 0) is 13.0 Å². The molecular formula is C8H11N3O3. The molecule has 1 aromatic rings. The molecule has 1 rings (SSSR count). The summed E-state index contributed by atoms with van der Waals surface area (Å²) in [7, 11) is 0. The summed E-state index contributed by atoms with van der Waals surface area (Å²) in [5.41, 5.74) is 5.64. The Kier molecular flexibility index (Phi) is 5.60. The van der Waals surface area contributed by atoms with Crippen molar-refractivity contribution < 1.29 is 9.36 Å². The number of nitrogens with zero attached hydrogens (tertiary/aromatic N) is 2. The van der Waals surface area contributed by atoms with Gasteiger partial charge in [0.25, 0.3) is 5.91 Å². The molecule has 0 aliphatic rings. The Balaban J connectivity index is 0.000000500. The van der Waals surface area contributed by atoms with E-state index in [1.807, 2.05) is 23.8 Å². The van der Waals surface area contributed by atoms with Crippen LogP contribution in [0.3, 0.4) is 0 Å². The van der Waals surface area contributed by atoms with Crippen molar-refractivity contribution in [1.29, 1.82) is 0 Å². The monoisotopic (exact) mass is 197 g/mol. The maximum atomic E-state index is 10.7. The Morgan fingerprint density at radius 2 is 2.29 bits per heavy atom. The third kappa shape index (κ3) is 4.15. The van der Waals surface area contributed by atoms with Crippen molar-refractivity contribution in [1.82, 2.24) is 0 Å². The molecule has 0 bridgehead atoms. The number of aromatic nitrogens is 1. The van der Waals surface area contributed by atoms with Crippen molar-refractivity contribution in [3.8, 4) is 0 Å². The number of carbonyl (C=O) groups is 1. The van der Waals surface area contributed by atoms with Crippen LogP contribution in [0.25, 0.3) is 0 Å². The van der Waals surface area contributed by atoms with Crippen molar-refractivity contribution in [2.75, 3.05) is 0 Å². The molecule has 1 aromatic heterocycles. The van der Waals surface area contributed by atoms with Crippen LogP contribution >= 0.6 is 0 Å². The van der Waals surface area contributed by atoms with Crippen LogP contribution in [0, 0.1) is 10.1 Å². The van der Waals surface area contributed by atoms with Crippen LogP contribution in [0.1, 0.15) is 17.3 Å². The van der Waals surface area contributed by atoms with Gasteiger partial charge in [0.1, 0.15) is 12.1 Å². The molecule has 76 valence electrons. The van der Waals surface area contributed by atoms with Gasteiger partial charge in [-0.15, -0.1) is 5.34 Å². The number of primary amides is 1. The minimum atomic E-state index is -0.382. The first-order valence-corrected chi connectivity index (χ1v) is 3.89. The Hall–Kier alpha value is -1.98. The molecule has 0 saturated carbocycles. The molecule has 0 radical (unpaired) electrons. The smallest absolute Gasteiger partial charge is 0.254 e. The first-order valence-electron chi connectivity index (χ1n) is 3.89. The number of carbonyl (C=O) groups excluding carboxylic acids is 1. The molecule has 0 unspecified atom stereocenters. The van der Waals surface area contributed by atoms with E-state index in [1.54, 1.807) is 12.3 Å². The van der Waals surface area contributed by atoms with E-state index in [0.717, 1.165) is 11.9 Å². The molecule has 1 heterocycles. The Labute approximate surface area is 80.9 Å². The van der Waals surface area contributed by atoms with E-state index in [9.17, 15) is 4.79 Å². The highest BCUT2D eigenvalue weighted by Gasteiger charge is 2.03. The topological polar surface area (TPSA) is 99.5 Å². The summed E-state index contributed by atoms with van der Waals surface area (Å²) in [6.45, 7) is 2.85. The maximum absolute atomic E-state index is 10.7. The SMILES string of the molecule is CC[n+]1cccc(C(N)=O)c1.O=N[O-]. The highest BCUT2D eigenvalue weighted by molar-refractivity contribution is 5.92. The lowest BCUT2D eigenvalue weighted by atomic mass is 10.3. The van der Waals surface area contributed by atoms with Crippen molar-refractivity contribution in [2.24, 2.45) is 11.1 Å². The minimum absolute atomic E-state index is 0.382. The quantitative estimate of drug-likeness (QED) is 0.420. The summed E-state index contributed by atoms with van der Waals surface area (Å²) in [6.07, 6.45) is 3.63. The summed E-state index contributed by atoms with van der Waals surface area (Å²) in [4.78, 5) is 18.7. The van der Waals surface area contributed by atoms with Crippen LogP contribution in [0.5, 0.6) is 0 Å². The van der Waals surface area contributed by atoms with Gasteiger partial charge in [-0.1, -0.05) is 0 Å². The first-order chi connectivity index (χ1) is 6.65. The van der Waals surface area contributed by atoms with Gasteiger partial charge in [-0.2, -0.15) is 0 Å². The van der Waals surface area contributed by atoms with Gasteiger partial charge in [0, 0.05) is 6.07 Å². The van der Waals surface area contributed by atoms with Crippen molar-refractivity contribution in [2.45, 2.75) is 13.5 Å². The van der Waals surface area contributed by atoms with E-state index in [-0.39, 0.29) is 5.91 Å². The van der Waals surface area contributed by atoms with Crippen LogP contribution in [0.2, 0.25) is 0 Å². The minimum Gasteiger partial charge on any atom is -0.444 e. The lowest BCUT2D eigenvalue weighted by molar-refractivity contribution is -0.693. The highest BCUT2D eigenvalue weighted by atomic mass is 16.6. The molecule has 14 heavy (non-hydrogen) atoms. The molecule has 2 N–H and O–H groups in total. The fourth-order valence-corrected chi connectivity index (χ4v) is 0.864. The van der Waals surface area contributed by atoms with Crippen molar-refractivity contribution in [3.63, 3.8) is 0 Å². The summed E-state index contributed by atoms with van der Waals surface area (Å²) in [6, 6.07) is 3.51. The largest absolute Gasteiger partial charge is 0.444 e. The fourth-order valence-electron chi connectivity index (χ4n) is 0.864. The zero-order valence-corrected chi connectivity index (χ0v) is 7.71. The number of hydrogen-bond donors (Lipinski definition) is 1. The van der Waals surface area contributed by atoms with Gasteiger partial charge in [0.05, 0.1) is 0 Å². The van der Waals surface area contributed by atoms with E-state index in [4.69, 9.17) is 15.8 Å². The fraction of sp³-hybridized carbons (Fsp3) is 0.250. The van der Waals surface area contributed by atoms with Gasteiger partial charge in [-0.25, -0.2) is 4.57 Å². The molecule has 6 nitrogen and oxygen atoms in total. The molecule has 0 spiro atoms. The lowest BCUT2D eigenvalue weighted by Gasteiger charge is -1.93. The highest BCUT2D eigenvalue weighted by Crippen LogP contribution is 1.91. The lowest BCUT2D eigenvalue weighted by Crippen LogP contribution is -2.32. The predicted octanol–water partition coefficient (Wildman–Crippen LogP) is 0.344. The Morgan fingerprint density at radius 3 is 2.71 bits per heavy atom. The van der Waals surface area contributed by atoms with E-state index in [2.05, 4.69) is 0 Å². The molecule has 0 aliphatic heterocycles. The van der Waals surface area contributed by atoms with Crippen LogP contribution in [0.4, 0.5) is 0 Å². The summed E-state index contributed by atoms with van der Waals surface area (Å²) in [5.74, 6) is -0.382. The Bertz CT molecular complexity index is 314. The molecular weight excluding hydrogens is 186 g/mol. The first kappa shape index (κ1) is 12.0. The molecule has 0 fully saturated rings. The molecule has 6 heteroatoms. The predicted molar refractivity (Wildman–Crippen MR) is 50.0 cm³/mol. The van der Waals surface area contributed by atoms with Gasteiger partial charge < -0.3 is 15.8 Å². The molecule has 0 aromatic carbocycles. The van der Waals surface area contributed by atoms with Crippen molar-refractivity contribution in [3.05, 3.63) is 40.2 Å². The number of aryl methyl sites for hydroxylation is 1. The number of nitrogens with two attached hydrogens (primary N) is 1. The van der Waals surface area contributed by atoms with E-state index >= 15 is 0 Å². The number of pyridine rings is 1. The number of rotatable bonds is 2. The Morgan fingerprint density at radius 1 is 1.71 bits per heavy atom. The third-order valence-electron chi connectivity index (χ3n) is 1.51. The average Bonchev–Trinajstić information content (AvgIpc) is 2.19. The summed E-state index contributed by atoms with van der Waals surface area (Å²) in [5, 5.41) is 9.00. The van der Waals surface area contributed by atoms with Gasteiger partial charge in [-0.3, -0.25) is 4.79 Å². The van der Waals surface area contributed by atoms with E-state index < -0.39 is 0 Å². The average molecular weight is 197 g/mol. The van der Waals surface area contributed by atoms with Crippen molar-refractivity contribution >= 4 is 5.91 Å². The second-order valence-electron chi connectivity index (χ2n) is 2.36. The maximum Gasteiger partial charge on any atom is 0.254 e. The van der Waals surface area contributed by atoms with E-state index in [1.165, 1.54) is 0 Å². The number of amides is 1. The zero-order valence-electron chi connectivity index (χ0n) is 7.71. The molecule has 1 amide bonds. The molecule has 0 aliphatic carbocycles. The third-order valence-corrected chi connectivity index (χ3v) is 1.51. The zero-order chi connectivity index (χ0) is 11.0. The summed E-state index contributed by atoms with van der Waals surface area (Å²) >= 11 is 0. The van der Waals surface area contributed by atoms with Crippen LogP contribution in [-0.4, -0.2) is 5.91 Å². The summed E-state index contributed by atoms with van der Waals surface area (Å²) < 4.78 is 1.90. The second-order valence-corrected chi connectivity index (χ2v) is 2.36.